The topological polar surface area (TPSA) is 58.6 Å². The summed E-state index contributed by atoms with van der Waals surface area (Å²) in [7, 11) is 1.88. The minimum absolute atomic E-state index is 0.158. The third kappa shape index (κ3) is 4.07. The molecule has 1 rings (SSSR count). The molecule has 2 N–H and O–H groups in total. The van der Waals surface area contributed by atoms with E-state index in [0.29, 0.717) is 5.75 Å². The maximum atomic E-state index is 10.9. The number of carboxylic acid groups (broad SMARTS) is 1. The van der Waals surface area contributed by atoms with Gasteiger partial charge in [-0.05, 0) is 38.6 Å². The van der Waals surface area contributed by atoms with E-state index in [1.807, 2.05) is 31.3 Å². The smallest absolute Gasteiger partial charge is 0.312 e. The quantitative estimate of drug-likeness (QED) is 0.793. The third-order valence-electron chi connectivity index (χ3n) is 2.46. The molecule has 0 saturated heterocycles. The van der Waals surface area contributed by atoms with Crippen molar-refractivity contribution in [2.75, 3.05) is 13.7 Å². The molecule has 0 amide bonds. The van der Waals surface area contributed by atoms with Crippen LogP contribution in [-0.2, 0) is 11.3 Å². The molecular weight excluding hydrogens is 218 g/mol. The molecule has 0 atom stereocenters. The Labute approximate surface area is 102 Å². The van der Waals surface area contributed by atoms with Crippen LogP contribution >= 0.6 is 0 Å². The highest BCUT2D eigenvalue weighted by atomic mass is 16.5. The molecule has 0 aliphatic heterocycles. The number of carbonyl (C=O) groups is 1. The lowest BCUT2D eigenvalue weighted by Gasteiger charge is -2.19. The summed E-state index contributed by atoms with van der Waals surface area (Å²) in [5.41, 5.74) is 0.233. The highest BCUT2D eigenvalue weighted by Gasteiger charge is 2.28. The van der Waals surface area contributed by atoms with Gasteiger partial charge in [0.25, 0.3) is 0 Å². The predicted octanol–water partition coefficient (Wildman–Crippen LogP) is 1.90. The Bertz CT molecular complexity index is 388. The first kappa shape index (κ1) is 13.5. The summed E-state index contributed by atoms with van der Waals surface area (Å²) in [6.07, 6.45) is 0. The van der Waals surface area contributed by atoms with Gasteiger partial charge in [-0.1, -0.05) is 12.1 Å². The fourth-order valence-electron chi connectivity index (χ4n) is 1.27. The molecule has 0 aliphatic rings. The van der Waals surface area contributed by atoms with E-state index in [1.165, 1.54) is 0 Å². The number of carboxylic acids is 1. The lowest BCUT2D eigenvalue weighted by molar-refractivity contribution is -0.148. The molecule has 0 fully saturated rings. The van der Waals surface area contributed by atoms with E-state index in [2.05, 4.69) is 5.32 Å². The van der Waals surface area contributed by atoms with Crippen LogP contribution in [0.4, 0.5) is 0 Å². The number of nitrogens with one attached hydrogen (secondary N) is 1. The fourth-order valence-corrected chi connectivity index (χ4v) is 1.27. The van der Waals surface area contributed by atoms with Crippen molar-refractivity contribution in [3.8, 4) is 5.75 Å². The Hall–Kier alpha value is -1.55. The Balaban J connectivity index is 2.63. The van der Waals surface area contributed by atoms with Gasteiger partial charge in [0.2, 0.25) is 0 Å². The SMILES string of the molecule is CNCc1cccc(OCC(C)(C)C(=O)O)c1. The highest BCUT2D eigenvalue weighted by molar-refractivity contribution is 5.73. The monoisotopic (exact) mass is 237 g/mol. The van der Waals surface area contributed by atoms with Gasteiger partial charge >= 0.3 is 5.97 Å². The standard InChI is InChI=1S/C13H19NO3/c1-13(2,12(15)16)9-17-11-6-4-5-10(7-11)8-14-3/h4-7,14H,8-9H2,1-3H3,(H,15,16). The van der Waals surface area contributed by atoms with E-state index in [0.717, 1.165) is 12.1 Å². The van der Waals surface area contributed by atoms with Crippen LogP contribution in [0.1, 0.15) is 19.4 Å². The van der Waals surface area contributed by atoms with Gasteiger partial charge in [-0.2, -0.15) is 0 Å². The van der Waals surface area contributed by atoms with Crippen LogP contribution in [-0.4, -0.2) is 24.7 Å². The normalized spacial score (nSPS) is 11.2. The number of ether oxygens (including phenoxy) is 1. The Kier molecular flexibility index (Phi) is 4.52. The van der Waals surface area contributed by atoms with E-state index >= 15 is 0 Å². The van der Waals surface area contributed by atoms with Crippen molar-refractivity contribution >= 4 is 5.97 Å². The van der Waals surface area contributed by atoms with Crippen molar-refractivity contribution in [2.45, 2.75) is 20.4 Å². The second-order valence-corrected chi connectivity index (χ2v) is 4.66. The predicted molar refractivity (Wildman–Crippen MR) is 66.1 cm³/mol. The number of rotatable bonds is 6. The summed E-state index contributed by atoms with van der Waals surface area (Å²) in [5.74, 6) is -0.157. The molecule has 0 spiro atoms. The summed E-state index contributed by atoms with van der Waals surface area (Å²) in [6.45, 7) is 4.21. The molecule has 0 aromatic heterocycles. The summed E-state index contributed by atoms with van der Waals surface area (Å²) in [4.78, 5) is 10.9. The molecule has 17 heavy (non-hydrogen) atoms. The second-order valence-electron chi connectivity index (χ2n) is 4.66. The van der Waals surface area contributed by atoms with Crippen LogP contribution in [0.15, 0.2) is 24.3 Å². The Morgan fingerprint density at radius 2 is 2.18 bits per heavy atom. The van der Waals surface area contributed by atoms with Crippen LogP contribution in [0.2, 0.25) is 0 Å². The van der Waals surface area contributed by atoms with Gasteiger partial charge in [0, 0.05) is 6.54 Å². The van der Waals surface area contributed by atoms with Crippen molar-refractivity contribution in [3.05, 3.63) is 29.8 Å². The van der Waals surface area contributed by atoms with Gasteiger partial charge in [-0.3, -0.25) is 4.79 Å². The molecule has 0 heterocycles. The van der Waals surface area contributed by atoms with Crippen molar-refractivity contribution in [2.24, 2.45) is 5.41 Å². The summed E-state index contributed by atoms with van der Waals surface area (Å²) in [6, 6.07) is 7.63. The molecule has 1 aromatic carbocycles. The minimum Gasteiger partial charge on any atom is -0.492 e. The van der Waals surface area contributed by atoms with Crippen LogP contribution in [0.5, 0.6) is 5.75 Å². The van der Waals surface area contributed by atoms with Crippen LogP contribution in [0.25, 0.3) is 0 Å². The van der Waals surface area contributed by atoms with Crippen molar-refractivity contribution in [1.82, 2.24) is 5.32 Å². The molecular formula is C13H19NO3. The zero-order chi connectivity index (χ0) is 12.9. The van der Waals surface area contributed by atoms with Crippen LogP contribution in [0, 0.1) is 5.41 Å². The minimum atomic E-state index is -0.876. The van der Waals surface area contributed by atoms with Gasteiger partial charge in [0.05, 0.1) is 5.41 Å². The molecule has 4 heteroatoms. The summed E-state index contributed by atoms with van der Waals surface area (Å²) in [5, 5.41) is 12.0. The molecule has 0 aliphatic carbocycles. The van der Waals surface area contributed by atoms with Gasteiger partial charge in [-0.25, -0.2) is 0 Å². The Morgan fingerprint density at radius 1 is 1.47 bits per heavy atom. The molecule has 0 unspecified atom stereocenters. The first-order chi connectivity index (χ1) is 7.95. The van der Waals surface area contributed by atoms with Crippen molar-refractivity contribution in [1.29, 1.82) is 0 Å². The largest absolute Gasteiger partial charge is 0.492 e. The van der Waals surface area contributed by atoms with E-state index in [4.69, 9.17) is 9.84 Å². The fraction of sp³-hybridized carbons (Fsp3) is 0.462. The summed E-state index contributed by atoms with van der Waals surface area (Å²) >= 11 is 0. The molecule has 0 radical (unpaired) electrons. The molecule has 0 bridgehead atoms. The van der Waals surface area contributed by atoms with Gasteiger partial charge < -0.3 is 15.2 Å². The average molecular weight is 237 g/mol. The second kappa shape index (κ2) is 5.68. The van der Waals surface area contributed by atoms with Crippen molar-refractivity contribution in [3.63, 3.8) is 0 Å². The lowest BCUT2D eigenvalue weighted by Crippen LogP contribution is -2.30. The van der Waals surface area contributed by atoms with Gasteiger partial charge in [0.1, 0.15) is 12.4 Å². The first-order valence-electron chi connectivity index (χ1n) is 5.55. The average Bonchev–Trinajstić information content (AvgIpc) is 2.27. The zero-order valence-corrected chi connectivity index (χ0v) is 10.5. The first-order valence-corrected chi connectivity index (χ1v) is 5.55. The lowest BCUT2D eigenvalue weighted by atomic mass is 9.95. The maximum Gasteiger partial charge on any atom is 0.312 e. The number of aliphatic carboxylic acids is 1. The zero-order valence-electron chi connectivity index (χ0n) is 10.5. The van der Waals surface area contributed by atoms with E-state index in [1.54, 1.807) is 13.8 Å². The van der Waals surface area contributed by atoms with Crippen LogP contribution < -0.4 is 10.1 Å². The van der Waals surface area contributed by atoms with E-state index in [-0.39, 0.29) is 6.61 Å². The number of hydrogen-bond acceptors (Lipinski definition) is 3. The summed E-state index contributed by atoms with van der Waals surface area (Å²) < 4.78 is 5.51. The van der Waals surface area contributed by atoms with Gasteiger partial charge in [-0.15, -0.1) is 0 Å². The van der Waals surface area contributed by atoms with E-state index < -0.39 is 11.4 Å². The van der Waals surface area contributed by atoms with Gasteiger partial charge in [0.15, 0.2) is 0 Å². The number of benzene rings is 1. The van der Waals surface area contributed by atoms with Crippen molar-refractivity contribution < 1.29 is 14.6 Å². The molecule has 0 saturated carbocycles. The molecule has 94 valence electrons. The maximum absolute atomic E-state index is 10.9. The highest BCUT2D eigenvalue weighted by Crippen LogP contribution is 2.19. The van der Waals surface area contributed by atoms with E-state index in [9.17, 15) is 4.79 Å². The third-order valence-corrected chi connectivity index (χ3v) is 2.46. The Morgan fingerprint density at radius 3 is 2.76 bits per heavy atom. The van der Waals surface area contributed by atoms with Crippen LogP contribution in [0.3, 0.4) is 0 Å². The number of hydrogen-bond donors (Lipinski definition) is 2. The molecule has 4 nitrogen and oxygen atoms in total. The molecule has 1 aromatic rings.